The summed E-state index contributed by atoms with van der Waals surface area (Å²) in [5, 5.41) is 10.1. The van der Waals surface area contributed by atoms with Crippen LogP contribution in [0, 0.1) is 6.57 Å². The number of nitrogens with one attached hydrogen (secondary N) is 3. The van der Waals surface area contributed by atoms with Gasteiger partial charge in [-0.25, -0.2) is 9.59 Å². The highest BCUT2D eigenvalue weighted by Gasteiger charge is 2.12. The van der Waals surface area contributed by atoms with Crippen molar-refractivity contribution in [1.29, 1.82) is 0 Å². The molecule has 0 atom stereocenters. The van der Waals surface area contributed by atoms with Crippen molar-refractivity contribution in [1.82, 2.24) is 35.0 Å². The van der Waals surface area contributed by atoms with Crippen molar-refractivity contribution < 1.29 is 0 Å². The molecule has 0 saturated heterocycles. The Morgan fingerprint density at radius 3 is 2.30 bits per heavy atom. The molecule has 100 valence electrons. The van der Waals surface area contributed by atoms with Gasteiger partial charge >= 0.3 is 16.9 Å². The summed E-state index contributed by atoms with van der Waals surface area (Å²) in [4.78, 5) is 42.4. The first-order valence-electron chi connectivity index (χ1n) is 5.07. The lowest BCUT2D eigenvalue weighted by Gasteiger charge is -1.87. The fourth-order valence-corrected chi connectivity index (χ4v) is 1.29. The van der Waals surface area contributed by atoms with Crippen LogP contribution >= 0.6 is 0 Å². The maximum atomic E-state index is 11.3. The van der Waals surface area contributed by atoms with Gasteiger partial charge in [0, 0.05) is 0 Å². The number of aromatic amines is 3. The number of hydrogen-bond acceptors (Lipinski definition) is 6. The highest BCUT2D eigenvalue weighted by atomic mass is 16.2. The van der Waals surface area contributed by atoms with Gasteiger partial charge in [0.15, 0.2) is 5.52 Å². The molecule has 3 aromatic heterocycles. The first-order valence-corrected chi connectivity index (χ1v) is 5.07. The maximum absolute atomic E-state index is 11.3. The fourth-order valence-electron chi connectivity index (χ4n) is 1.29. The summed E-state index contributed by atoms with van der Waals surface area (Å²) in [6.45, 7) is 6.57. The molecule has 0 fully saturated rings. The van der Waals surface area contributed by atoms with Crippen LogP contribution in [-0.4, -0.2) is 35.0 Å². The topological polar surface area (TPSA) is 147 Å². The highest BCUT2D eigenvalue weighted by Crippen LogP contribution is 1.91. The zero-order valence-electron chi connectivity index (χ0n) is 9.69. The van der Waals surface area contributed by atoms with Gasteiger partial charge in [-0.1, -0.05) is 0 Å². The van der Waals surface area contributed by atoms with E-state index >= 15 is 0 Å². The van der Waals surface area contributed by atoms with Gasteiger partial charge in [-0.3, -0.25) is 19.7 Å². The van der Waals surface area contributed by atoms with E-state index in [0.717, 1.165) is 0 Å². The lowest BCUT2D eigenvalue weighted by Crippen LogP contribution is -2.30. The van der Waals surface area contributed by atoms with Crippen molar-refractivity contribution in [2.45, 2.75) is 0 Å². The van der Waals surface area contributed by atoms with Gasteiger partial charge in [0.1, 0.15) is 5.65 Å². The van der Waals surface area contributed by atoms with Gasteiger partial charge in [0.05, 0.1) is 17.1 Å². The standard InChI is InChI=1S/C6H3N5O3.C3H3N3/c1-7-11-4(12)2-3(10-6(11)14)9-5(13)8-2;1-2-4-6-5-3-1/h(H,10,14)(H2,8,9,13);1-3H. The van der Waals surface area contributed by atoms with Gasteiger partial charge in [0.2, 0.25) is 0 Å². The minimum Gasteiger partial charge on any atom is -0.300 e. The van der Waals surface area contributed by atoms with Crippen molar-refractivity contribution >= 4 is 11.2 Å². The molecule has 0 amide bonds. The summed E-state index contributed by atoms with van der Waals surface area (Å²) in [7, 11) is 0. The lowest BCUT2D eigenvalue weighted by molar-refractivity contribution is 0.865. The summed E-state index contributed by atoms with van der Waals surface area (Å²) in [5.74, 6) is 0. The van der Waals surface area contributed by atoms with Crippen LogP contribution < -0.4 is 16.9 Å². The van der Waals surface area contributed by atoms with Crippen molar-refractivity contribution in [3.63, 3.8) is 0 Å². The Kier molecular flexibility index (Phi) is 3.48. The predicted molar refractivity (Wildman–Crippen MR) is 65.6 cm³/mol. The molecular formula is C9H6N8O3. The van der Waals surface area contributed by atoms with Crippen LogP contribution in [0.15, 0.2) is 32.8 Å². The second kappa shape index (κ2) is 5.40. The molecule has 0 aliphatic heterocycles. The smallest absolute Gasteiger partial charge is 0.300 e. The lowest BCUT2D eigenvalue weighted by atomic mass is 10.5. The Bertz CT molecular complexity index is 899. The number of rotatable bonds is 0. The van der Waals surface area contributed by atoms with E-state index in [0.29, 0.717) is 4.68 Å². The number of aromatic nitrogens is 7. The molecule has 0 saturated carbocycles. The summed E-state index contributed by atoms with van der Waals surface area (Å²) in [5.41, 5.74) is -2.48. The molecule has 11 heteroatoms. The predicted octanol–water partition coefficient (Wildman–Crippen LogP) is -1.74. The Labute approximate surface area is 108 Å². The first kappa shape index (κ1) is 12.9. The molecule has 0 aromatic carbocycles. The zero-order valence-corrected chi connectivity index (χ0v) is 9.69. The molecule has 0 spiro atoms. The highest BCUT2D eigenvalue weighted by molar-refractivity contribution is 5.67. The quantitative estimate of drug-likeness (QED) is 0.414. The van der Waals surface area contributed by atoms with E-state index < -0.39 is 16.9 Å². The van der Waals surface area contributed by atoms with Gasteiger partial charge in [-0.15, -0.1) is 15.2 Å². The van der Waals surface area contributed by atoms with E-state index in [2.05, 4.69) is 35.3 Å². The summed E-state index contributed by atoms with van der Waals surface area (Å²) >= 11 is 0. The Morgan fingerprint density at radius 2 is 1.80 bits per heavy atom. The van der Waals surface area contributed by atoms with Crippen molar-refractivity contribution in [3.05, 3.63) is 61.3 Å². The van der Waals surface area contributed by atoms with Crippen LogP contribution in [-0.2, 0) is 0 Å². The maximum Gasteiger partial charge on any atom is 0.398 e. The normalized spacial score (nSPS) is 9.55. The fraction of sp³-hybridized carbons (Fsp3) is 0. The van der Waals surface area contributed by atoms with E-state index in [1.54, 1.807) is 18.5 Å². The number of hydrogen-bond donors (Lipinski definition) is 3. The second-order valence-corrected chi connectivity index (χ2v) is 3.29. The molecule has 0 aliphatic rings. The molecule has 0 unspecified atom stereocenters. The van der Waals surface area contributed by atoms with Crippen molar-refractivity contribution in [2.24, 2.45) is 0 Å². The summed E-state index contributed by atoms with van der Waals surface area (Å²) in [6, 6.07) is 1.72. The van der Waals surface area contributed by atoms with Gasteiger partial charge in [-0.05, 0) is 11.3 Å². The molecule has 3 heterocycles. The molecule has 11 nitrogen and oxygen atoms in total. The zero-order chi connectivity index (χ0) is 14.5. The van der Waals surface area contributed by atoms with Gasteiger partial charge in [0.25, 0.3) is 0 Å². The summed E-state index contributed by atoms with van der Waals surface area (Å²) in [6.07, 6.45) is 3.15. The molecular weight excluding hydrogens is 268 g/mol. The third-order valence-corrected chi connectivity index (χ3v) is 2.07. The molecule has 3 aromatic rings. The average molecular weight is 274 g/mol. The third-order valence-electron chi connectivity index (χ3n) is 2.07. The van der Waals surface area contributed by atoms with Crippen LogP contribution in [0.3, 0.4) is 0 Å². The van der Waals surface area contributed by atoms with E-state index in [1.807, 2.05) is 0 Å². The molecule has 0 aliphatic carbocycles. The molecule has 3 N–H and O–H groups in total. The molecule has 0 bridgehead atoms. The van der Waals surface area contributed by atoms with Crippen LogP contribution in [0.25, 0.3) is 16.1 Å². The van der Waals surface area contributed by atoms with E-state index in [9.17, 15) is 14.4 Å². The number of imidazole rings is 1. The van der Waals surface area contributed by atoms with Crippen LogP contribution in [0.5, 0.6) is 0 Å². The Morgan fingerprint density at radius 1 is 1.10 bits per heavy atom. The SMILES string of the molecule is [C-]#[N+]n1c(=O)[nH]c2[nH]c(=O)[nH]c2c1=O.c1cnnnc1. The Hall–Kier alpha value is -3.55. The van der Waals surface area contributed by atoms with Crippen LogP contribution in [0.2, 0.25) is 0 Å². The average Bonchev–Trinajstić information content (AvgIpc) is 2.83. The minimum absolute atomic E-state index is 0.00935. The van der Waals surface area contributed by atoms with Crippen molar-refractivity contribution in [2.75, 3.05) is 0 Å². The van der Waals surface area contributed by atoms with Crippen molar-refractivity contribution in [3.8, 4) is 0 Å². The van der Waals surface area contributed by atoms with E-state index in [-0.39, 0.29) is 11.2 Å². The van der Waals surface area contributed by atoms with Crippen LogP contribution in [0.4, 0.5) is 0 Å². The van der Waals surface area contributed by atoms with E-state index in [1.165, 1.54) is 0 Å². The second-order valence-electron chi connectivity index (χ2n) is 3.29. The monoisotopic (exact) mass is 274 g/mol. The molecule has 0 radical (unpaired) electrons. The van der Waals surface area contributed by atoms with E-state index in [4.69, 9.17) is 6.57 Å². The molecule has 3 rings (SSSR count). The van der Waals surface area contributed by atoms with Gasteiger partial charge in [-0.2, -0.15) is 6.57 Å². The largest absolute Gasteiger partial charge is 0.398 e. The Balaban J connectivity index is 0.000000205. The van der Waals surface area contributed by atoms with Crippen LogP contribution in [0.1, 0.15) is 0 Å². The first-order chi connectivity index (χ1) is 9.63. The van der Waals surface area contributed by atoms with Gasteiger partial charge < -0.3 is 0 Å². The number of fused-ring (bicyclic) bond motifs is 1. The minimum atomic E-state index is -0.882. The molecule has 20 heavy (non-hydrogen) atoms. The number of H-pyrrole nitrogens is 3. The summed E-state index contributed by atoms with van der Waals surface area (Å²) < 4.78 is 0.298. The number of nitrogens with zero attached hydrogens (tertiary/aromatic N) is 5. The third kappa shape index (κ3) is 2.48.